The van der Waals surface area contributed by atoms with E-state index < -0.39 is 0 Å². The number of benzene rings is 2. The highest BCUT2D eigenvalue weighted by Gasteiger charge is 2.25. The maximum atomic E-state index is 6.42. The SMILES string of the molecule is Clc1ccccc1N1CC(CN2CCOCC2)=C(Cc2ccccc2)N1. The molecule has 0 aromatic heterocycles. The van der Waals surface area contributed by atoms with E-state index in [1.54, 1.807) is 0 Å². The van der Waals surface area contributed by atoms with E-state index in [1.165, 1.54) is 16.8 Å². The Bertz CT molecular complexity index is 772. The number of anilines is 1. The predicted molar refractivity (Wildman–Crippen MR) is 106 cm³/mol. The summed E-state index contributed by atoms with van der Waals surface area (Å²) in [5, 5.41) is 2.93. The average molecular weight is 370 g/mol. The van der Waals surface area contributed by atoms with Crippen LogP contribution in [0.2, 0.25) is 5.02 Å². The van der Waals surface area contributed by atoms with Gasteiger partial charge in [0.1, 0.15) is 0 Å². The first-order chi connectivity index (χ1) is 12.8. The molecule has 1 saturated heterocycles. The molecule has 2 aliphatic rings. The smallest absolute Gasteiger partial charge is 0.0761 e. The van der Waals surface area contributed by atoms with Gasteiger partial charge in [-0.15, -0.1) is 0 Å². The van der Waals surface area contributed by atoms with Gasteiger partial charge < -0.3 is 10.2 Å². The Hall–Kier alpha value is -2.01. The van der Waals surface area contributed by atoms with Crippen LogP contribution < -0.4 is 10.4 Å². The predicted octanol–water partition coefficient (Wildman–Crippen LogP) is 3.49. The molecule has 2 aromatic rings. The summed E-state index contributed by atoms with van der Waals surface area (Å²) >= 11 is 6.42. The van der Waals surface area contributed by atoms with Crippen LogP contribution in [0.5, 0.6) is 0 Å². The van der Waals surface area contributed by atoms with Gasteiger partial charge in [-0.1, -0.05) is 54.1 Å². The van der Waals surface area contributed by atoms with Gasteiger partial charge in [0.15, 0.2) is 0 Å². The lowest BCUT2D eigenvalue weighted by Crippen LogP contribution is -2.38. The lowest BCUT2D eigenvalue weighted by molar-refractivity contribution is 0.0421. The van der Waals surface area contributed by atoms with Crippen LogP contribution in [0.1, 0.15) is 5.56 Å². The monoisotopic (exact) mass is 369 g/mol. The minimum absolute atomic E-state index is 0.770. The van der Waals surface area contributed by atoms with E-state index in [0.29, 0.717) is 0 Å². The molecule has 1 fully saturated rings. The fourth-order valence-electron chi connectivity index (χ4n) is 3.52. The minimum atomic E-state index is 0.770. The number of nitrogens with one attached hydrogen (secondary N) is 1. The summed E-state index contributed by atoms with van der Waals surface area (Å²) in [5.74, 6) is 0. The van der Waals surface area contributed by atoms with Gasteiger partial charge in [-0.3, -0.25) is 9.91 Å². The lowest BCUT2D eigenvalue weighted by Gasteiger charge is -2.27. The van der Waals surface area contributed by atoms with Crippen molar-refractivity contribution in [1.29, 1.82) is 0 Å². The van der Waals surface area contributed by atoms with E-state index in [0.717, 1.165) is 56.5 Å². The molecule has 0 amide bonds. The summed E-state index contributed by atoms with van der Waals surface area (Å²) in [4.78, 5) is 2.47. The topological polar surface area (TPSA) is 27.7 Å². The van der Waals surface area contributed by atoms with Crippen LogP contribution >= 0.6 is 11.6 Å². The van der Waals surface area contributed by atoms with Crippen molar-refractivity contribution in [3.05, 3.63) is 76.5 Å². The van der Waals surface area contributed by atoms with Gasteiger partial charge in [-0.25, -0.2) is 0 Å². The number of ether oxygens (including phenoxy) is 1. The van der Waals surface area contributed by atoms with E-state index in [2.05, 4.69) is 51.7 Å². The molecule has 4 rings (SSSR count). The zero-order valence-electron chi connectivity index (χ0n) is 14.8. The quantitative estimate of drug-likeness (QED) is 0.873. The van der Waals surface area contributed by atoms with Crippen molar-refractivity contribution in [3.8, 4) is 0 Å². The molecular formula is C21H24ClN3O. The van der Waals surface area contributed by atoms with Crippen molar-refractivity contribution in [2.75, 3.05) is 44.4 Å². The van der Waals surface area contributed by atoms with E-state index in [-0.39, 0.29) is 0 Å². The molecule has 0 atom stereocenters. The molecule has 0 unspecified atom stereocenters. The first-order valence-corrected chi connectivity index (χ1v) is 9.51. The highest BCUT2D eigenvalue weighted by molar-refractivity contribution is 6.33. The van der Waals surface area contributed by atoms with Crippen LogP contribution in [-0.2, 0) is 11.2 Å². The summed E-state index contributed by atoms with van der Waals surface area (Å²) in [5.41, 5.74) is 8.65. The van der Waals surface area contributed by atoms with Gasteiger partial charge in [-0.05, 0) is 23.3 Å². The third-order valence-corrected chi connectivity index (χ3v) is 5.25. The van der Waals surface area contributed by atoms with E-state index in [9.17, 15) is 0 Å². The normalized spacial score (nSPS) is 18.3. The van der Waals surface area contributed by atoms with Crippen molar-refractivity contribution in [1.82, 2.24) is 10.3 Å². The molecule has 26 heavy (non-hydrogen) atoms. The van der Waals surface area contributed by atoms with E-state index in [4.69, 9.17) is 16.3 Å². The number of hydrogen-bond acceptors (Lipinski definition) is 4. The Labute approximate surface area is 160 Å². The van der Waals surface area contributed by atoms with Crippen LogP contribution in [0, 0.1) is 0 Å². The zero-order chi connectivity index (χ0) is 17.8. The summed E-state index contributed by atoms with van der Waals surface area (Å²) in [6.45, 7) is 5.46. The highest BCUT2D eigenvalue weighted by atomic mass is 35.5. The number of hydrazine groups is 1. The van der Waals surface area contributed by atoms with Crippen LogP contribution in [0.25, 0.3) is 0 Å². The summed E-state index contributed by atoms with van der Waals surface area (Å²) < 4.78 is 5.49. The molecule has 0 bridgehead atoms. The first-order valence-electron chi connectivity index (χ1n) is 9.13. The standard InChI is InChI=1S/C21H24ClN3O/c22-19-8-4-5-9-21(19)25-16-18(15-24-10-12-26-13-11-24)20(23-25)14-17-6-2-1-3-7-17/h1-9,23H,10-16H2. The number of morpholine rings is 1. The highest BCUT2D eigenvalue weighted by Crippen LogP contribution is 2.29. The van der Waals surface area contributed by atoms with Crippen molar-refractivity contribution in [2.45, 2.75) is 6.42 Å². The molecular weight excluding hydrogens is 346 g/mol. The summed E-state index contributed by atoms with van der Waals surface area (Å²) in [7, 11) is 0. The number of halogens is 1. The second-order valence-electron chi connectivity index (χ2n) is 6.78. The summed E-state index contributed by atoms with van der Waals surface area (Å²) in [6.07, 6.45) is 0.904. The molecule has 136 valence electrons. The Morgan fingerprint density at radius 3 is 2.46 bits per heavy atom. The Kier molecular flexibility index (Phi) is 5.44. The second kappa shape index (κ2) is 8.12. The molecule has 0 radical (unpaired) electrons. The van der Waals surface area contributed by atoms with Crippen molar-refractivity contribution >= 4 is 17.3 Å². The third-order valence-electron chi connectivity index (χ3n) is 4.93. The summed E-state index contributed by atoms with van der Waals surface area (Å²) in [6, 6.07) is 18.6. The van der Waals surface area contributed by atoms with Gasteiger partial charge in [0, 0.05) is 31.8 Å². The molecule has 4 nitrogen and oxygen atoms in total. The molecule has 2 heterocycles. The van der Waals surface area contributed by atoms with Crippen LogP contribution in [0.15, 0.2) is 65.9 Å². The Morgan fingerprint density at radius 2 is 1.69 bits per heavy atom. The second-order valence-corrected chi connectivity index (χ2v) is 7.19. The van der Waals surface area contributed by atoms with Crippen LogP contribution in [-0.4, -0.2) is 44.3 Å². The lowest BCUT2D eigenvalue weighted by atomic mass is 10.1. The number of rotatable bonds is 5. The maximum absolute atomic E-state index is 6.42. The van der Waals surface area contributed by atoms with Gasteiger partial charge in [0.25, 0.3) is 0 Å². The fraction of sp³-hybridized carbons (Fsp3) is 0.333. The zero-order valence-corrected chi connectivity index (χ0v) is 15.6. The molecule has 0 aliphatic carbocycles. The van der Waals surface area contributed by atoms with Gasteiger partial charge in [-0.2, -0.15) is 0 Å². The number of para-hydroxylation sites is 1. The van der Waals surface area contributed by atoms with E-state index >= 15 is 0 Å². The maximum Gasteiger partial charge on any atom is 0.0761 e. The van der Waals surface area contributed by atoms with Gasteiger partial charge in [0.05, 0.1) is 30.5 Å². The first kappa shape index (κ1) is 17.4. The van der Waals surface area contributed by atoms with Gasteiger partial charge in [0.2, 0.25) is 0 Å². The molecule has 0 spiro atoms. The Balaban J connectivity index is 1.55. The third kappa shape index (κ3) is 4.04. The number of hydrogen-bond donors (Lipinski definition) is 1. The molecule has 1 N–H and O–H groups in total. The molecule has 0 saturated carbocycles. The molecule has 2 aliphatic heterocycles. The van der Waals surface area contributed by atoms with Crippen molar-refractivity contribution < 1.29 is 4.74 Å². The largest absolute Gasteiger partial charge is 0.379 e. The van der Waals surface area contributed by atoms with Crippen molar-refractivity contribution in [3.63, 3.8) is 0 Å². The average Bonchev–Trinajstić information content (AvgIpc) is 3.06. The molecule has 5 heteroatoms. The van der Waals surface area contributed by atoms with Gasteiger partial charge >= 0.3 is 0 Å². The van der Waals surface area contributed by atoms with Crippen LogP contribution in [0.3, 0.4) is 0 Å². The minimum Gasteiger partial charge on any atom is -0.379 e. The van der Waals surface area contributed by atoms with E-state index in [1.807, 2.05) is 18.2 Å². The Morgan fingerprint density at radius 1 is 0.962 bits per heavy atom. The van der Waals surface area contributed by atoms with Crippen molar-refractivity contribution in [2.24, 2.45) is 0 Å². The van der Waals surface area contributed by atoms with Crippen LogP contribution in [0.4, 0.5) is 5.69 Å². The number of nitrogens with zero attached hydrogens (tertiary/aromatic N) is 2. The fourth-order valence-corrected chi connectivity index (χ4v) is 3.76. The number of allylic oxidation sites excluding steroid dienone is 1. The molecule has 2 aromatic carbocycles.